The van der Waals surface area contributed by atoms with Gasteiger partial charge in [-0.2, -0.15) is 4.68 Å². The maximum absolute atomic E-state index is 13.3. The first-order valence-corrected chi connectivity index (χ1v) is 13.6. The van der Waals surface area contributed by atoms with Crippen molar-refractivity contribution in [2.24, 2.45) is 7.05 Å². The van der Waals surface area contributed by atoms with Crippen LogP contribution in [0.3, 0.4) is 0 Å². The molecule has 0 saturated heterocycles. The highest BCUT2D eigenvalue weighted by Crippen LogP contribution is 2.23. The highest BCUT2D eigenvalue weighted by atomic mass is 35.5. The number of ether oxygens (including phenoxy) is 1. The predicted molar refractivity (Wildman–Crippen MR) is 147 cm³/mol. The number of anilines is 1. The number of hydrogen-bond donors (Lipinski definition) is 1. The normalized spacial score (nSPS) is 11.5. The first-order valence-electron chi connectivity index (χ1n) is 11.7. The van der Waals surface area contributed by atoms with E-state index in [9.17, 15) is 22.8 Å². The lowest BCUT2D eigenvalue weighted by Crippen LogP contribution is -2.26. The van der Waals surface area contributed by atoms with Crippen LogP contribution >= 0.6 is 11.6 Å². The number of rotatable bonds is 7. The van der Waals surface area contributed by atoms with Gasteiger partial charge >= 0.3 is 5.97 Å². The third-order valence-corrected chi connectivity index (χ3v) is 7.70. The zero-order valence-electron chi connectivity index (χ0n) is 21.1. The fourth-order valence-electron chi connectivity index (χ4n) is 4.03. The number of benzene rings is 3. The summed E-state index contributed by atoms with van der Waals surface area (Å²) in [4.78, 5) is 38.2. The summed E-state index contributed by atoms with van der Waals surface area (Å²) in [6, 6.07) is 18.7. The summed E-state index contributed by atoms with van der Waals surface area (Å²) >= 11 is 6.14. The molecule has 0 unspecified atom stereocenters. The number of carbonyl (C=O) groups is 1. The summed E-state index contributed by atoms with van der Waals surface area (Å²) in [5.41, 5.74) is -0.162. The van der Waals surface area contributed by atoms with Gasteiger partial charge in [0.2, 0.25) is 0 Å². The van der Waals surface area contributed by atoms with Gasteiger partial charge in [-0.3, -0.25) is 19.0 Å². The molecule has 0 spiro atoms. The fourth-order valence-corrected chi connectivity index (χ4v) is 5.51. The fraction of sp³-hybridized carbons (Fsp3) is 0.115. The van der Waals surface area contributed by atoms with Gasteiger partial charge in [0.1, 0.15) is 11.2 Å². The topological polar surface area (TPSA) is 147 Å². The molecule has 0 bridgehead atoms. The van der Waals surface area contributed by atoms with Gasteiger partial charge in [0.15, 0.2) is 6.73 Å². The van der Waals surface area contributed by atoms with E-state index < -0.39 is 33.8 Å². The van der Waals surface area contributed by atoms with Crippen LogP contribution in [-0.2, 0) is 28.5 Å². The van der Waals surface area contributed by atoms with E-state index in [-0.39, 0.29) is 21.2 Å². The van der Waals surface area contributed by atoms with E-state index >= 15 is 0 Å². The number of fused-ring (bicyclic) bond motifs is 1. The van der Waals surface area contributed by atoms with Crippen LogP contribution in [0.15, 0.2) is 87.3 Å². The summed E-state index contributed by atoms with van der Waals surface area (Å²) < 4.78 is 37.8. The molecule has 5 rings (SSSR count). The highest BCUT2D eigenvalue weighted by molar-refractivity contribution is 7.92. The molecule has 5 aromatic rings. The average Bonchev–Trinajstić information content (AvgIpc) is 3.15. The van der Waals surface area contributed by atoms with Crippen LogP contribution < -0.4 is 15.8 Å². The molecular formula is C26H21ClN6O6S. The quantitative estimate of drug-likeness (QED) is 0.289. The van der Waals surface area contributed by atoms with E-state index in [0.29, 0.717) is 22.3 Å². The summed E-state index contributed by atoms with van der Waals surface area (Å²) in [6.45, 7) is 1.03. The van der Waals surface area contributed by atoms with E-state index in [4.69, 9.17) is 16.3 Å². The summed E-state index contributed by atoms with van der Waals surface area (Å²) in [5.74, 6) is -0.955. The Morgan fingerprint density at radius 2 is 1.70 bits per heavy atom. The maximum Gasteiger partial charge on any atom is 0.340 e. The van der Waals surface area contributed by atoms with Crippen molar-refractivity contribution in [3.8, 4) is 5.69 Å². The van der Waals surface area contributed by atoms with Crippen molar-refractivity contribution in [1.29, 1.82) is 0 Å². The number of carbonyl (C=O) groups excluding carboxylic acids is 1. The molecule has 0 saturated carbocycles. The summed E-state index contributed by atoms with van der Waals surface area (Å²) in [6.07, 6.45) is 0. The number of sulfonamides is 1. The molecule has 0 aliphatic carbocycles. The third kappa shape index (κ3) is 4.99. The second kappa shape index (κ2) is 10.4. The molecule has 40 heavy (non-hydrogen) atoms. The number of nitrogens with one attached hydrogen (secondary N) is 1. The van der Waals surface area contributed by atoms with Gasteiger partial charge in [0.25, 0.3) is 21.1 Å². The van der Waals surface area contributed by atoms with E-state index in [0.717, 1.165) is 16.8 Å². The Hall–Kier alpha value is -4.75. The minimum atomic E-state index is -4.37. The van der Waals surface area contributed by atoms with Gasteiger partial charge in [0, 0.05) is 12.1 Å². The van der Waals surface area contributed by atoms with Crippen molar-refractivity contribution >= 4 is 44.2 Å². The smallest absolute Gasteiger partial charge is 0.340 e. The Morgan fingerprint density at radius 1 is 1.00 bits per heavy atom. The van der Waals surface area contributed by atoms with Crippen LogP contribution in [0.4, 0.5) is 5.69 Å². The van der Waals surface area contributed by atoms with E-state index in [1.807, 2.05) is 0 Å². The van der Waals surface area contributed by atoms with Crippen LogP contribution in [0, 0.1) is 6.92 Å². The molecule has 0 fully saturated rings. The molecule has 12 nitrogen and oxygen atoms in total. The molecule has 0 amide bonds. The van der Waals surface area contributed by atoms with Crippen molar-refractivity contribution in [1.82, 2.24) is 24.4 Å². The van der Waals surface area contributed by atoms with Crippen molar-refractivity contribution < 1.29 is 17.9 Å². The van der Waals surface area contributed by atoms with Crippen LogP contribution in [-0.4, -0.2) is 38.7 Å². The first-order chi connectivity index (χ1) is 19.1. The zero-order chi connectivity index (χ0) is 28.6. The standard InChI is InChI=1S/C26H21ClN6O6S/c1-16-23(25(35)33(31(16)2)19-8-4-3-5-9-19)29-40(37,38)20-13-17(12-18(27)14-20)26(36)39-15-32-24(34)21-10-6-7-11-22(21)28-30-32/h3-14,29H,15H2,1-2H3. The Kier molecular flexibility index (Phi) is 7.00. The number of hydrogen-bond acceptors (Lipinski definition) is 8. The largest absolute Gasteiger partial charge is 0.439 e. The van der Waals surface area contributed by atoms with Gasteiger partial charge in [-0.1, -0.05) is 47.1 Å². The van der Waals surface area contributed by atoms with Crippen molar-refractivity contribution in [2.75, 3.05) is 4.72 Å². The number of halogens is 1. The minimum Gasteiger partial charge on any atom is -0.439 e. The molecule has 0 aliphatic rings. The summed E-state index contributed by atoms with van der Waals surface area (Å²) in [7, 11) is -2.74. The molecule has 0 radical (unpaired) electrons. The molecule has 2 heterocycles. The molecule has 3 aromatic carbocycles. The van der Waals surface area contributed by atoms with E-state index in [1.165, 1.54) is 15.4 Å². The molecule has 2 aromatic heterocycles. The van der Waals surface area contributed by atoms with Crippen LogP contribution in [0.5, 0.6) is 0 Å². The van der Waals surface area contributed by atoms with Gasteiger partial charge in [-0.15, -0.1) is 5.10 Å². The summed E-state index contributed by atoms with van der Waals surface area (Å²) in [5, 5.41) is 7.89. The minimum absolute atomic E-state index is 0.0658. The molecule has 14 heteroatoms. The monoisotopic (exact) mass is 580 g/mol. The Morgan fingerprint density at radius 3 is 2.45 bits per heavy atom. The SMILES string of the molecule is Cc1c(NS(=O)(=O)c2cc(Cl)cc(C(=O)OCn3nnc4ccccc4c3=O)c2)c(=O)n(-c2ccccc2)n1C. The van der Waals surface area contributed by atoms with Crippen molar-refractivity contribution in [3.63, 3.8) is 0 Å². The second-order valence-electron chi connectivity index (χ2n) is 8.69. The number of para-hydroxylation sites is 1. The predicted octanol–water partition coefficient (Wildman–Crippen LogP) is 2.86. The van der Waals surface area contributed by atoms with Crippen LogP contribution in [0.25, 0.3) is 16.6 Å². The Bertz CT molecular complexity index is 2000. The number of nitrogens with zero attached hydrogens (tertiary/aromatic N) is 5. The highest BCUT2D eigenvalue weighted by Gasteiger charge is 2.24. The van der Waals surface area contributed by atoms with Crippen molar-refractivity contribution in [2.45, 2.75) is 18.6 Å². The average molecular weight is 581 g/mol. The molecule has 0 atom stereocenters. The van der Waals surface area contributed by atoms with Crippen LogP contribution in [0.2, 0.25) is 5.02 Å². The maximum atomic E-state index is 13.3. The lowest BCUT2D eigenvalue weighted by Gasteiger charge is -2.10. The second-order valence-corrected chi connectivity index (χ2v) is 10.8. The van der Waals surface area contributed by atoms with Gasteiger partial charge in [-0.05, 0) is 49.4 Å². The lowest BCUT2D eigenvalue weighted by molar-refractivity contribution is 0.0336. The van der Waals surface area contributed by atoms with E-state index in [1.54, 1.807) is 68.6 Å². The zero-order valence-corrected chi connectivity index (χ0v) is 22.7. The lowest BCUT2D eigenvalue weighted by atomic mass is 10.2. The number of aromatic nitrogens is 5. The molecule has 1 N–H and O–H groups in total. The molecule has 204 valence electrons. The Labute approximate surface area is 232 Å². The molecular weight excluding hydrogens is 560 g/mol. The van der Waals surface area contributed by atoms with Gasteiger partial charge in [-0.25, -0.2) is 17.9 Å². The van der Waals surface area contributed by atoms with Gasteiger partial charge < -0.3 is 4.74 Å². The van der Waals surface area contributed by atoms with Crippen LogP contribution in [0.1, 0.15) is 16.1 Å². The first kappa shape index (κ1) is 26.8. The third-order valence-electron chi connectivity index (χ3n) is 6.16. The van der Waals surface area contributed by atoms with Gasteiger partial charge in [0.05, 0.1) is 27.2 Å². The van der Waals surface area contributed by atoms with E-state index in [2.05, 4.69) is 15.0 Å². The Balaban J connectivity index is 1.41. The molecule has 0 aliphatic heterocycles. The number of esters is 1. The van der Waals surface area contributed by atoms with Crippen molar-refractivity contribution in [3.05, 3.63) is 110 Å².